The topological polar surface area (TPSA) is 66.0 Å². The number of aromatic amines is 1. The van der Waals surface area contributed by atoms with E-state index in [0.717, 1.165) is 18.7 Å². The molecule has 1 heterocycles. The van der Waals surface area contributed by atoms with E-state index in [1.165, 1.54) is 0 Å². The molecule has 1 aromatic rings. The normalized spacial score (nSPS) is 10.2. The fraction of sp³-hybridized carbons (Fsp3) is 0.500. The molecule has 0 aliphatic rings. The number of hydrogen-bond donors (Lipinski definition) is 2. The van der Waals surface area contributed by atoms with E-state index < -0.39 is 5.97 Å². The van der Waals surface area contributed by atoms with Crippen LogP contribution in [0.25, 0.3) is 0 Å². The third kappa shape index (κ3) is 1.64. The maximum Gasteiger partial charge on any atom is 0.356 e. The molecule has 0 aromatic carbocycles. The SMILES string of the molecule is CCCc1nc(C(=O)O)c(C)[nH]1. The Morgan fingerprint density at radius 2 is 2.33 bits per heavy atom. The van der Waals surface area contributed by atoms with E-state index in [9.17, 15) is 4.79 Å². The van der Waals surface area contributed by atoms with Crippen molar-refractivity contribution < 1.29 is 9.90 Å². The molecule has 12 heavy (non-hydrogen) atoms. The van der Waals surface area contributed by atoms with Crippen molar-refractivity contribution in [1.82, 2.24) is 9.97 Å². The molecule has 0 spiro atoms. The molecule has 0 radical (unpaired) electrons. The minimum absolute atomic E-state index is 0.137. The predicted molar refractivity (Wildman–Crippen MR) is 44.3 cm³/mol. The van der Waals surface area contributed by atoms with Crippen LogP contribution in [-0.2, 0) is 6.42 Å². The van der Waals surface area contributed by atoms with E-state index in [2.05, 4.69) is 9.97 Å². The van der Waals surface area contributed by atoms with Crippen molar-refractivity contribution in [3.05, 3.63) is 17.2 Å². The van der Waals surface area contributed by atoms with Crippen LogP contribution in [0.3, 0.4) is 0 Å². The van der Waals surface area contributed by atoms with Crippen LogP contribution in [0.4, 0.5) is 0 Å². The molecule has 4 heteroatoms. The van der Waals surface area contributed by atoms with Crippen molar-refractivity contribution in [2.24, 2.45) is 0 Å². The van der Waals surface area contributed by atoms with Gasteiger partial charge in [-0.05, 0) is 13.3 Å². The number of hydrogen-bond acceptors (Lipinski definition) is 2. The van der Waals surface area contributed by atoms with Gasteiger partial charge in [0.2, 0.25) is 0 Å². The minimum atomic E-state index is -0.967. The number of imidazole rings is 1. The van der Waals surface area contributed by atoms with Gasteiger partial charge in [0, 0.05) is 12.1 Å². The van der Waals surface area contributed by atoms with Gasteiger partial charge in [0.1, 0.15) is 5.82 Å². The highest BCUT2D eigenvalue weighted by atomic mass is 16.4. The average Bonchev–Trinajstić information content (AvgIpc) is 2.32. The van der Waals surface area contributed by atoms with Gasteiger partial charge in [0.25, 0.3) is 0 Å². The van der Waals surface area contributed by atoms with Gasteiger partial charge < -0.3 is 10.1 Å². The largest absolute Gasteiger partial charge is 0.476 e. The number of nitrogens with one attached hydrogen (secondary N) is 1. The second-order valence-corrected chi connectivity index (χ2v) is 2.71. The van der Waals surface area contributed by atoms with Gasteiger partial charge in [0.05, 0.1) is 0 Å². The van der Waals surface area contributed by atoms with Crippen LogP contribution in [0.15, 0.2) is 0 Å². The second kappa shape index (κ2) is 3.38. The van der Waals surface area contributed by atoms with Gasteiger partial charge >= 0.3 is 5.97 Å². The van der Waals surface area contributed by atoms with Gasteiger partial charge in [0.15, 0.2) is 5.69 Å². The third-order valence-electron chi connectivity index (χ3n) is 1.62. The van der Waals surface area contributed by atoms with E-state index >= 15 is 0 Å². The Hall–Kier alpha value is -1.32. The second-order valence-electron chi connectivity index (χ2n) is 2.71. The molecule has 1 rings (SSSR count). The van der Waals surface area contributed by atoms with Crippen LogP contribution in [0.1, 0.15) is 35.4 Å². The van der Waals surface area contributed by atoms with E-state index in [0.29, 0.717) is 5.69 Å². The molecule has 0 amide bonds. The predicted octanol–water partition coefficient (Wildman–Crippen LogP) is 1.37. The fourth-order valence-corrected chi connectivity index (χ4v) is 1.09. The summed E-state index contributed by atoms with van der Waals surface area (Å²) in [5.41, 5.74) is 0.768. The highest BCUT2D eigenvalue weighted by Gasteiger charge is 2.11. The number of carboxylic acids is 1. The molecular formula is C8H12N2O2. The summed E-state index contributed by atoms with van der Waals surface area (Å²) in [7, 11) is 0. The molecule has 0 aliphatic heterocycles. The lowest BCUT2D eigenvalue weighted by Gasteiger charge is -1.87. The number of nitrogens with zero attached hydrogens (tertiary/aromatic N) is 1. The summed E-state index contributed by atoms with van der Waals surface area (Å²) >= 11 is 0. The zero-order valence-corrected chi connectivity index (χ0v) is 7.22. The average molecular weight is 168 g/mol. The summed E-state index contributed by atoms with van der Waals surface area (Å²) in [4.78, 5) is 17.4. The summed E-state index contributed by atoms with van der Waals surface area (Å²) in [5.74, 6) is -0.210. The summed E-state index contributed by atoms with van der Waals surface area (Å²) in [5, 5.41) is 8.66. The van der Waals surface area contributed by atoms with Crippen LogP contribution < -0.4 is 0 Å². The number of rotatable bonds is 3. The van der Waals surface area contributed by atoms with E-state index in [4.69, 9.17) is 5.11 Å². The molecule has 66 valence electrons. The van der Waals surface area contributed by atoms with E-state index in [1.54, 1.807) is 6.92 Å². The zero-order valence-electron chi connectivity index (χ0n) is 7.22. The lowest BCUT2D eigenvalue weighted by molar-refractivity contribution is 0.0690. The van der Waals surface area contributed by atoms with Crippen LogP contribution in [0, 0.1) is 6.92 Å². The van der Waals surface area contributed by atoms with Crippen LogP contribution in [0.2, 0.25) is 0 Å². The smallest absolute Gasteiger partial charge is 0.356 e. The maximum atomic E-state index is 10.6. The molecule has 1 aromatic heterocycles. The van der Waals surface area contributed by atoms with Crippen LogP contribution >= 0.6 is 0 Å². The highest BCUT2D eigenvalue weighted by molar-refractivity contribution is 5.86. The third-order valence-corrected chi connectivity index (χ3v) is 1.62. The molecular weight excluding hydrogens is 156 g/mol. The standard InChI is InChI=1S/C8H12N2O2/c1-3-4-6-9-5(2)7(10-6)8(11)12/h3-4H2,1-2H3,(H,9,10)(H,11,12). The number of carbonyl (C=O) groups is 1. The molecule has 0 aliphatic carbocycles. The lowest BCUT2D eigenvalue weighted by atomic mass is 10.3. The molecule has 0 atom stereocenters. The van der Waals surface area contributed by atoms with E-state index in [-0.39, 0.29) is 5.69 Å². The Balaban J connectivity index is 2.92. The molecule has 0 fully saturated rings. The number of aromatic carboxylic acids is 1. The summed E-state index contributed by atoms with van der Waals surface area (Å²) < 4.78 is 0. The summed E-state index contributed by atoms with van der Waals surface area (Å²) in [6.07, 6.45) is 1.76. The van der Waals surface area contributed by atoms with E-state index in [1.807, 2.05) is 6.92 Å². The van der Waals surface area contributed by atoms with Crippen molar-refractivity contribution in [2.45, 2.75) is 26.7 Å². The molecule has 0 unspecified atom stereocenters. The first kappa shape index (κ1) is 8.77. The van der Waals surface area contributed by atoms with Crippen molar-refractivity contribution in [2.75, 3.05) is 0 Å². The molecule has 0 bridgehead atoms. The number of aromatic nitrogens is 2. The Morgan fingerprint density at radius 3 is 2.75 bits per heavy atom. The van der Waals surface area contributed by atoms with Gasteiger partial charge in [-0.2, -0.15) is 0 Å². The monoisotopic (exact) mass is 168 g/mol. The van der Waals surface area contributed by atoms with Gasteiger partial charge in [-0.25, -0.2) is 9.78 Å². The maximum absolute atomic E-state index is 10.6. The first-order chi connectivity index (χ1) is 5.65. The number of carboxylic acid groups (broad SMARTS) is 1. The minimum Gasteiger partial charge on any atom is -0.476 e. The fourth-order valence-electron chi connectivity index (χ4n) is 1.09. The van der Waals surface area contributed by atoms with Crippen molar-refractivity contribution >= 4 is 5.97 Å². The Labute approximate surface area is 70.6 Å². The quantitative estimate of drug-likeness (QED) is 0.716. The van der Waals surface area contributed by atoms with Gasteiger partial charge in [-0.15, -0.1) is 0 Å². The number of aryl methyl sites for hydroxylation is 2. The van der Waals surface area contributed by atoms with Crippen LogP contribution in [0.5, 0.6) is 0 Å². The summed E-state index contributed by atoms with van der Waals surface area (Å²) in [6.45, 7) is 3.74. The molecule has 4 nitrogen and oxygen atoms in total. The zero-order chi connectivity index (χ0) is 9.14. The van der Waals surface area contributed by atoms with Gasteiger partial charge in [-0.3, -0.25) is 0 Å². The van der Waals surface area contributed by atoms with Gasteiger partial charge in [-0.1, -0.05) is 6.92 Å². The summed E-state index contributed by atoms with van der Waals surface area (Å²) in [6, 6.07) is 0. The molecule has 0 saturated heterocycles. The first-order valence-electron chi connectivity index (χ1n) is 3.94. The molecule has 2 N–H and O–H groups in total. The molecule has 0 saturated carbocycles. The van der Waals surface area contributed by atoms with Crippen molar-refractivity contribution in [3.63, 3.8) is 0 Å². The van der Waals surface area contributed by atoms with Crippen molar-refractivity contribution in [3.8, 4) is 0 Å². The lowest BCUT2D eigenvalue weighted by Crippen LogP contribution is -1.98. The Morgan fingerprint density at radius 1 is 1.67 bits per heavy atom. The van der Waals surface area contributed by atoms with Crippen molar-refractivity contribution in [1.29, 1.82) is 0 Å². The highest BCUT2D eigenvalue weighted by Crippen LogP contribution is 2.05. The van der Waals surface area contributed by atoms with Crippen LogP contribution in [-0.4, -0.2) is 21.0 Å². The number of H-pyrrole nitrogens is 1. The Kier molecular flexibility index (Phi) is 2.47. The first-order valence-corrected chi connectivity index (χ1v) is 3.94. The Bertz CT molecular complexity index is 291.